The summed E-state index contributed by atoms with van der Waals surface area (Å²) in [5.41, 5.74) is 0.955. The topological polar surface area (TPSA) is 101 Å². The molecule has 0 bridgehead atoms. The van der Waals surface area contributed by atoms with Gasteiger partial charge in [-0.15, -0.1) is 10.2 Å². The third kappa shape index (κ3) is 4.59. The molecule has 1 aliphatic heterocycles. The molecule has 3 heterocycles. The third-order valence-corrected chi connectivity index (χ3v) is 9.03. The van der Waals surface area contributed by atoms with E-state index in [0.29, 0.717) is 19.1 Å². The van der Waals surface area contributed by atoms with E-state index in [0.717, 1.165) is 29.4 Å². The van der Waals surface area contributed by atoms with E-state index in [2.05, 4.69) is 19.7 Å². The number of benzene rings is 1. The zero-order valence-electron chi connectivity index (χ0n) is 18.8. The van der Waals surface area contributed by atoms with E-state index < -0.39 is 10.0 Å². The van der Waals surface area contributed by atoms with Crippen LogP contribution in [-0.4, -0.2) is 74.7 Å². The first kappa shape index (κ1) is 23.0. The van der Waals surface area contributed by atoms with Gasteiger partial charge in [-0.25, -0.2) is 8.42 Å². The van der Waals surface area contributed by atoms with Gasteiger partial charge in [-0.1, -0.05) is 30.0 Å². The molecule has 0 radical (unpaired) electrons. The van der Waals surface area contributed by atoms with Crippen molar-refractivity contribution in [1.29, 1.82) is 0 Å². The molecule has 2 aliphatic rings. The van der Waals surface area contributed by atoms with Crippen molar-refractivity contribution in [3.63, 3.8) is 0 Å². The summed E-state index contributed by atoms with van der Waals surface area (Å²) in [5, 5.41) is 9.18. The first-order valence-corrected chi connectivity index (χ1v) is 13.6. The maximum atomic E-state index is 13.2. The van der Waals surface area contributed by atoms with Gasteiger partial charge in [0.2, 0.25) is 15.9 Å². The number of hydrogen-bond donors (Lipinski definition) is 0. The molecule has 0 spiro atoms. The minimum Gasteiger partial charge on any atom is -0.339 e. The molecule has 2 aromatic heterocycles. The molecule has 1 saturated heterocycles. The lowest BCUT2D eigenvalue weighted by atomic mass is 10.2. The average Bonchev–Trinajstić information content (AvgIpc) is 3.64. The molecule has 11 heteroatoms. The summed E-state index contributed by atoms with van der Waals surface area (Å²) in [6, 6.07) is 12.6. The Kier molecular flexibility index (Phi) is 6.41. The van der Waals surface area contributed by atoms with Crippen LogP contribution < -0.4 is 0 Å². The summed E-state index contributed by atoms with van der Waals surface area (Å²) in [6.07, 6.45) is 5.61. The number of carbonyl (C=O) groups excluding carboxylic acids is 1. The average molecular weight is 499 g/mol. The summed E-state index contributed by atoms with van der Waals surface area (Å²) in [6.45, 7) is 3.18. The molecule has 3 aromatic rings. The van der Waals surface area contributed by atoms with Gasteiger partial charge in [0.25, 0.3) is 0 Å². The van der Waals surface area contributed by atoms with E-state index in [4.69, 9.17) is 0 Å². The molecule has 0 unspecified atom stereocenters. The fourth-order valence-corrected chi connectivity index (χ4v) is 6.52. The van der Waals surface area contributed by atoms with E-state index in [-0.39, 0.29) is 29.1 Å². The van der Waals surface area contributed by atoms with Gasteiger partial charge in [-0.05, 0) is 44.0 Å². The van der Waals surface area contributed by atoms with Crippen LogP contribution in [0, 0.1) is 0 Å². The zero-order chi connectivity index (χ0) is 23.7. The fourth-order valence-electron chi connectivity index (χ4n) is 4.07. The van der Waals surface area contributed by atoms with Crippen molar-refractivity contribution in [1.82, 2.24) is 29.0 Å². The summed E-state index contributed by atoms with van der Waals surface area (Å²) in [7, 11) is -3.55. The molecule has 1 amide bonds. The van der Waals surface area contributed by atoms with Crippen LogP contribution in [0.15, 0.2) is 64.9 Å². The minimum absolute atomic E-state index is 0.0161. The maximum Gasteiger partial charge on any atom is 0.243 e. The Morgan fingerprint density at radius 2 is 1.68 bits per heavy atom. The Balaban J connectivity index is 1.24. The van der Waals surface area contributed by atoms with Gasteiger partial charge in [-0.3, -0.25) is 14.3 Å². The van der Waals surface area contributed by atoms with Crippen molar-refractivity contribution >= 4 is 27.7 Å². The third-order valence-electron chi connectivity index (χ3n) is 6.08. The van der Waals surface area contributed by atoms with Crippen molar-refractivity contribution in [3.8, 4) is 11.4 Å². The largest absolute Gasteiger partial charge is 0.339 e. The van der Waals surface area contributed by atoms with E-state index in [1.54, 1.807) is 47.6 Å². The van der Waals surface area contributed by atoms with Gasteiger partial charge in [0.05, 0.1) is 10.1 Å². The van der Waals surface area contributed by atoms with Crippen LogP contribution in [0.4, 0.5) is 0 Å². The smallest absolute Gasteiger partial charge is 0.243 e. The number of rotatable bonds is 7. The lowest BCUT2D eigenvalue weighted by Gasteiger charge is -2.35. The zero-order valence-corrected chi connectivity index (χ0v) is 20.5. The Hall–Kier alpha value is -2.76. The van der Waals surface area contributed by atoms with Gasteiger partial charge < -0.3 is 4.90 Å². The van der Waals surface area contributed by atoms with E-state index >= 15 is 0 Å². The molecule has 34 heavy (non-hydrogen) atoms. The van der Waals surface area contributed by atoms with Crippen LogP contribution in [0.3, 0.4) is 0 Å². The number of sulfonamides is 1. The molecule has 1 aliphatic carbocycles. The summed E-state index contributed by atoms with van der Waals surface area (Å²) < 4.78 is 29.3. The van der Waals surface area contributed by atoms with Crippen molar-refractivity contribution in [3.05, 3.63) is 54.9 Å². The number of hydrogen-bond acceptors (Lipinski definition) is 7. The summed E-state index contributed by atoms with van der Waals surface area (Å²) in [4.78, 5) is 19.3. The van der Waals surface area contributed by atoms with Gasteiger partial charge in [0.1, 0.15) is 0 Å². The first-order valence-electron chi connectivity index (χ1n) is 11.3. The molecular weight excluding hydrogens is 472 g/mol. The molecule has 0 N–H and O–H groups in total. The number of piperazine rings is 1. The Bertz CT molecular complexity index is 1250. The predicted octanol–water partition coefficient (Wildman–Crippen LogP) is 2.69. The lowest BCUT2D eigenvalue weighted by Crippen LogP contribution is -2.52. The van der Waals surface area contributed by atoms with Crippen LogP contribution >= 0.6 is 11.8 Å². The highest BCUT2D eigenvalue weighted by Gasteiger charge is 2.34. The molecule has 1 atom stereocenters. The van der Waals surface area contributed by atoms with Crippen LogP contribution in [0.2, 0.25) is 0 Å². The Labute approximate surface area is 203 Å². The van der Waals surface area contributed by atoms with Crippen molar-refractivity contribution < 1.29 is 13.2 Å². The normalized spacial score (nSPS) is 18.1. The lowest BCUT2D eigenvalue weighted by molar-refractivity contribution is -0.131. The van der Waals surface area contributed by atoms with E-state index in [1.165, 1.54) is 16.1 Å². The fraction of sp³-hybridized carbons (Fsp3) is 0.391. The summed E-state index contributed by atoms with van der Waals surface area (Å²) in [5.74, 6) is 0.782. The van der Waals surface area contributed by atoms with Crippen molar-refractivity contribution in [2.45, 2.75) is 41.1 Å². The molecule has 1 aromatic carbocycles. The number of amides is 1. The first-order chi connectivity index (χ1) is 16.4. The summed E-state index contributed by atoms with van der Waals surface area (Å²) >= 11 is 1.41. The SMILES string of the molecule is C[C@H](Sc1nnc(-c2ccncc2)n1C1CC1)C(=O)N1CCN(S(=O)(=O)c2ccccc2)CC1. The molecule has 2 fully saturated rings. The molecular formula is C23H26N6O3S2. The number of aromatic nitrogens is 4. The molecule has 9 nitrogen and oxygen atoms in total. The maximum absolute atomic E-state index is 13.2. The predicted molar refractivity (Wildman–Crippen MR) is 129 cm³/mol. The second kappa shape index (κ2) is 9.47. The number of nitrogens with zero attached hydrogens (tertiary/aromatic N) is 6. The van der Waals surface area contributed by atoms with Gasteiger partial charge in [0, 0.05) is 50.2 Å². The molecule has 178 valence electrons. The number of carbonyl (C=O) groups is 1. The van der Waals surface area contributed by atoms with E-state index in [9.17, 15) is 13.2 Å². The standard InChI is InChI=1S/C23H26N6O3S2/c1-17(33-23-26-25-21(29(23)19-7-8-19)18-9-11-24-12-10-18)22(30)27-13-15-28(16-14-27)34(31,32)20-5-3-2-4-6-20/h2-6,9-12,17,19H,7-8,13-16H2,1H3/t17-/m0/s1. The minimum atomic E-state index is -3.55. The second-order valence-electron chi connectivity index (χ2n) is 8.45. The number of pyridine rings is 1. The van der Waals surface area contributed by atoms with E-state index in [1.807, 2.05) is 19.1 Å². The molecule has 5 rings (SSSR count). The second-order valence-corrected chi connectivity index (χ2v) is 11.7. The number of thioether (sulfide) groups is 1. The van der Waals surface area contributed by atoms with Crippen LogP contribution in [0.25, 0.3) is 11.4 Å². The Morgan fingerprint density at radius 1 is 1.00 bits per heavy atom. The van der Waals surface area contributed by atoms with Gasteiger partial charge in [-0.2, -0.15) is 4.31 Å². The van der Waals surface area contributed by atoms with Gasteiger partial charge >= 0.3 is 0 Å². The van der Waals surface area contributed by atoms with Crippen molar-refractivity contribution in [2.24, 2.45) is 0 Å². The highest BCUT2D eigenvalue weighted by atomic mass is 32.2. The van der Waals surface area contributed by atoms with Crippen LogP contribution in [-0.2, 0) is 14.8 Å². The van der Waals surface area contributed by atoms with Crippen molar-refractivity contribution in [2.75, 3.05) is 26.2 Å². The monoisotopic (exact) mass is 498 g/mol. The highest BCUT2D eigenvalue weighted by molar-refractivity contribution is 8.00. The van der Waals surface area contributed by atoms with Gasteiger partial charge in [0.15, 0.2) is 11.0 Å². The Morgan fingerprint density at radius 3 is 2.32 bits per heavy atom. The van der Waals surface area contributed by atoms with Crippen LogP contribution in [0.5, 0.6) is 0 Å². The quantitative estimate of drug-likeness (QED) is 0.462. The highest BCUT2D eigenvalue weighted by Crippen LogP contribution is 2.41. The molecule has 1 saturated carbocycles. The van der Waals surface area contributed by atoms with Crippen LogP contribution in [0.1, 0.15) is 25.8 Å².